The van der Waals surface area contributed by atoms with E-state index in [0.717, 1.165) is 0 Å². The molecule has 1 saturated heterocycles. The third kappa shape index (κ3) is 4.70. The molecule has 2 aromatic rings. The molecule has 0 saturated carbocycles. The van der Waals surface area contributed by atoms with Crippen molar-refractivity contribution in [2.45, 2.75) is 15.8 Å². The second kappa shape index (κ2) is 10.2. The van der Waals surface area contributed by atoms with Gasteiger partial charge in [0.1, 0.15) is 24.2 Å². The Morgan fingerprint density at radius 1 is 1.44 bits per heavy atom. The van der Waals surface area contributed by atoms with Crippen molar-refractivity contribution < 1.29 is 24.3 Å². The lowest BCUT2D eigenvalue weighted by molar-refractivity contribution is -0.150. The number of nitrogens with two attached hydrogens (primary N) is 1. The summed E-state index contributed by atoms with van der Waals surface area (Å²) in [6.45, 7) is 0. The van der Waals surface area contributed by atoms with Crippen LogP contribution in [0.4, 0.5) is 10.1 Å². The number of carbonyl (C=O) groups excluding carboxylic acids is 2. The zero-order chi connectivity index (χ0) is 24.4. The van der Waals surface area contributed by atoms with Gasteiger partial charge in [-0.3, -0.25) is 14.5 Å². The summed E-state index contributed by atoms with van der Waals surface area (Å²) >= 11 is 5.34. The number of carbonyl (C=O) groups is 3. The minimum Gasteiger partial charge on any atom is -0.477 e. The normalized spacial score (nSPS) is 20.0. The van der Waals surface area contributed by atoms with E-state index in [1.54, 1.807) is 18.5 Å². The van der Waals surface area contributed by atoms with Crippen LogP contribution in [-0.4, -0.2) is 80.8 Å². The highest BCUT2D eigenvalue weighted by atomic mass is 32.2. The lowest BCUT2D eigenvalue weighted by atomic mass is 10.0. The van der Waals surface area contributed by atoms with Crippen molar-refractivity contribution in [1.29, 1.82) is 0 Å². The van der Waals surface area contributed by atoms with Gasteiger partial charge in [-0.25, -0.2) is 4.79 Å². The molecule has 34 heavy (non-hydrogen) atoms. The molecular weight excluding hydrogens is 523 g/mol. The van der Waals surface area contributed by atoms with Gasteiger partial charge in [-0.05, 0) is 11.6 Å². The van der Waals surface area contributed by atoms with E-state index in [1.165, 1.54) is 58.2 Å². The number of nitrogens with one attached hydrogen (secondary N) is 2. The quantitative estimate of drug-likeness (QED) is 0.155. The number of nitrogen functional groups attached to an aromatic ring is 1. The largest absolute Gasteiger partial charge is 0.477 e. The lowest BCUT2D eigenvalue weighted by Gasteiger charge is -2.49. The van der Waals surface area contributed by atoms with Crippen LogP contribution in [0.5, 0.6) is 0 Å². The number of thioether (sulfide) groups is 2. The first-order chi connectivity index (χ1) is 16.3. The van der Waals surface area contributed by atoms with Gasteiger partial charge in [0.05, 0.1) is 5.00 Å². The second-order valence-electron chi connectivity index (χ2n) is 6.89. The summed E-state index contributed by atoms with van der Waals surface area (Å²) in [5, 5.41) is 29.4. The predicted octanol–water partition coefficient (Wildman–Crippen LogP) is 1.10. The van der Waals surface area contributed by atoms with Crippen LogP contribution >= 0.6 is 46.2 Å². The van der Waals surface area contributed by atoms with Crippen LogP contribution in [0.2, 0.25) is 0 Å². The average Bonchev–Trinajstić information content (AvgIpc) is 3.47. The van der Waals surface area contributed by atoms with Crippen LogP contribution in [0.15, 0.2) is 32.2 Å². The molecule has 1 fully saturated rings. The Balaban J connectivity index is 1.48. The number of hydrogen-bond donors (Lipinski definition) is 4. The minimum atomic E-state index is -1.19. The standard InChI is InChI=1S/C18H19N7O5S4/c1-20-17-22-23-18(34-17)33-6-8-5-32-15-11(14(27)25(15)12(8)16(28)29)21-13(26)10(24-30-2)7-3-9(19)31-4-7/h3-4,11,15H,5-6,19H2,1-2H3,(H,20,22)(H,21,26)(H,28,29)/b24-10-/t11-,15+/m1/s1. The van der Waals surface area contributed by atoms with E-state index in [0.29, 0.717) is 37.1 Å². The van der Waals surface area contributed by atoms with Crippen LogP contribution < -0.4 is 16.4 Å². The SMILES string of the molecule is CNc1nnc(SCC2=C(C(=O)O)N3C(=O)[C@@H](NC(=O)/C(=N\OC)c4csc(N)c4)[C@@H]3SC2)s1. The Hall–Kier alpha value is -2.82. The van der Waals surface area contributed by atoms with Gasteiger partial charge in [-0.1, -0.05) is 28.3 Å². The molecule has 0 spiro atoms. The van der Waals surface area contributed by atoms with Crippen molar-refractivity contribution in [1.82, 2.24) is 20.4 Å². The van der Waals surface area contributed by atoms with Crippen molar-refractivity contribution in [3.05, 3.63) is 28.3 Å². The number of thiophene rings is 1. The topological polar surface area (TPSA) is 172 Å². The Bertz CT molecular complexity index is 1190. The third-order valence-corrected chi connectivity index (χ3v) is 9.08. The summed E-state index contributed by atoms with van der Waals surface area (Å²) in [6.07, 6.45) is 0. The molecule has 2 aromatic heterocycles. The second-order valence-corrected chi connectivity index (χ2v) is 11.1. The van der Waals surface area contributed by atoms with Gasteiger partial charge in [0.25, 0.3) is 11.8 Å². The highest BCUT2D eigenvalue weighted by Gasteiger charge is 2.54. The maximum atomic E-state index is 12.9. The number of anilines is 2. The molecule has 2 aliphatic rings. The van der Waals surface area contributed by atoms with Crippen molar-refractivity contribution in [2.24, 2.45) is 5.16 Å². The number of oxime groups is 1. The number of rotatable bonds is 9. The molecule has 12 nitrogen and oxygen atoms in total. The molecule has 2 amide bonds. The van der Waals surface area contributed by atoms with Crippen molar-refractivity contribution >= 4 is 79.8 Å². The van der Waals surface area contributed by atoms with E-state index in [-0.39, 0.29) is 11.4 Å². The first kappa shape index (κ1) is 24.3. The Morgan fingerprint density at radius 2 is 2.24 bits per heavy atom. The molecule has 0 aromatic carbocycles. The number of nitrogens with zero attached hydrogens (tertiary/aromatic N) is 4. The Morgan fingerprint density at radius 3 is 2.85 bits per heavy atom. The Kier molecular flexibility index (Phi) is 7.30. The smallest absolute Gasteiger partial charge is 0.352 e. The van der Waals surface area contributed by atoms with Crippen LogP contribution in [0.25, 0.3) is 0 Å². The summed E-state index contributed by atoms with van der Waals surface area (Å²) in [5.74, 6) is -1.56. The maximum absolute atomic E-state index is 12.9. The molecule has 0 bridgehead atoms. The fraction of sp³-hybridized carbons (Fsp3) is 0.333. The van der Waals surface area contributed by atoms with E-state index in [1.807, 2.05) is 0 Å². The summed E-state index contributed by atoms with van der Waals surface area (Å²) in [6, 6.07) is 0.694. The Labute approximate surface area is 210 Å². The maximum Gasteiger partial charge on any atom is 0.352 e. The first-order valence-corrected chi connectivity index (χ1v) is 13.4. The molecular formula is C18H19N7O5S4. The molecule has 4 heterocycles. The van der Waals surface area contributed by atoms with Gasteiger partial charge in [-0.2, -0.15) is 0 Å². The summed E-state index contributed by atoms with van der Waals surface area (Å²) in [4.78, 5) is 43.8. The minimum absolute atomic E-state index is 0.0217. The fourth-order valence-corrected chi connectivity index (χ4v) is 7.14. The highest BCUT2D eigenvalue weighted by molar-refractivity contribution is 8.01. The average molecular weight is 542 g/mol. The monoisotopic (exact) mass is 541 g/mol. The van der Waals surface area contributed by atoms with Crippen LogP contribution in [-0.2, 0) is 19.2 Å². The fourth-order valence-electron chi connectivity index (χ4n) is 3.32. The van der Waals surface area contributed by atoms with E-state index in [2.05, 4.69) is 26.0 Å². The van der Waals surface area contributed by atoms with E-state index in [9.17, 15) is 19.5 Å². The number of fused-ring (bicyclic) bond motifs is 1. The van der Waals surface area contributed by atoms with Gasteiger partial charge < -0.3 is 26.3 Å². The van der Waals surface area contributed by atoms with E-state index < -0.39 is 29.2 Å². The van der Waals surface area contributed by atoms with Gasteiger partial charge in [0.2, 0.25) is 5.13 Å². The summed E-state index contributed by atoms with van der Waals surface area (Å²) in [5.41, 5.74) is 6.73. The molecule has 4 rings (SSSR count). The molecule has 2 atom stereocenters. The van der Waals surface area contributed by atoms with Crippen LogP contribution in [0, 0.1) is 0 Å². The van der Waals surface area contributed by atoms with Crippen molar-refractivity contribution in [2.75, 3.05) is 36.7 Å². The molecule has 0 radical (unpaired) electrons. The van der Waals surface area contributed by atoms with Gasteiger partial charge >= 0.3 is 5.97 Å². The summed E-state index contributed by atoms with van der Waals surface area (Å²) in [7, 11) is 3.05. The van der Waals surface area contributed by atoms with Crippen molar-refractivity contribution in [3.8, 4) is 0 Å². The van der Waals surface area contributed by atoms with Gasteiger partial charge in [-0.15, -0.1) is 33.3 Å². The van der Waals surface area contributed by atoms with Crippen LogP contribution in [0.3, 0.4) is 0 Å². The van der Waals surface area contributed by atoms with E-state index in [4.69, 9.17) is 10.6 Å². The number of carboxylic acid groups (broad SMARTS) is 1. The number of aromatic nitrogens is 2. The zero-order valence-corrected chi connectivity index (χ0v) is 21.1. The molecule has 2 aliphatic heterocycles. The van der Waals surface area contributed by atoms with Gasteiger partial charge in [0.15, 0.2) is 10.1 Å². The lowest BCUT2D eigenvalue weighted by Crippen LogP contribution is -2.71. The van der Waals surface area contributed by atoms with E-state index >= 15 is 0 Å². The van der Waals surface area contributed by atoms with Crippen LogP contribution in [0.1, 0.15) is 5.56 Å². The predicted molar refractivity (Wildman–Crippen MR) is 132 cm³/mol. The number of β-lactam (4-membered cyclic amide) rings is 1. The molecule has 5 N–H and O–H groups in total. The number of carboxylic acids is 1. The zero-order valence-electron chi connectivity index (χ0n) is 17.8. The summed E-state index contributed by atoms with van der Waals surface area (Å²) < 4.78 is 0.688. The molecule has 0 aliphatic carbocycles. The number of aliphatic carboxylic acids is 1. The number of amides is 2. The first-order valence-electron chi connectivity index (χ1n) is 9.64. The molecule has 16 heteroatoms. The highest BCUT2D eigenvalue weighted by Crippen LogP contribution is 2.42. The number of hydrogen-bond acceptors (Lipinski definition) is 13. The van der Waals surface area contributed by atoms with Gasteiger partial charge in [0, 0.05) is 29.5 Å². The third-order valence-electron chi connectivity index (χ3n) is 4.82. The molecule has 0 unspecified atom stereocenters. The van der Waals surface area contributed by atoms with Crippen molar-refractivity contribution in [3.63, 3.8) is 0 Å². The molecule has 180 valence electrons.